The van der Waals surface area contributed by atoms with E-state index in [0.29, 0.717) is 57.9 Å². The average molecular weight is 496 g/mol. The highest BCUT2D eigenvalue weighted by Gasteiger charge is 2.59. The van der Waals surface area contributed by atoms with Crippen molar-refractivity contribution in [3.63, 3.8) is 0 Å². The van der Waals surface area contributed by atoms with E-state index in [4.69, 9.17) is 0 Å². The third-order valence-corrected chi connectivity index (χ3v) is 113. The van der Waals surface area contributed by atoms with Crippen molar-refractivity contribution in [1.29, 1.82) is 0 Å². The number of hydrogen-bond donors (Lipinski definition) is 0. The Kier molecular flexibility index (Phi) is 3.39. The van der Waals surface area contributed by atoms with Crippen molar-refractivity contribution in [2.45, 2.75) is 41.9 Å². The summed E-state index contributed by atoms with van der Waals surface area (Å²) in [5.74, 6) is 0. The molecule has 8 heteroatoms. The lowest BCUT2D eigenvalue weighted by atomic mass is 10.00. The Morgan fingerprint density at radius 3 is 1.41 bits per heavy atom. The van der Waals surface area contributed by atoms with Crippen molar-refractivity contribution < 1.29 is 0 Å². The van der Waals surface area contributed by atoms with E-state index in [0.717, 1.165) is 0 Å². The molecule has 8 bridgehead atoms. The molecule has 0 amide bonds. The van der Waals surface area contributed by atoms with Gasteiger partial charge >= 0.3 is 0 Å². The number of benzene rings is 2. The monoisotopic (exact) mass is 496 g/mol. The Bertz CT molecular complexity index is 1230. The van der Waals surface area contributed by atoms with Gasteiger partial charge in [-0.1, -0.05) is 74.4 Å². The fourth-order valence-corrected chi connectivity index (χ4v) is 239. The topological polar surface area (TPSA) is 0 Å². The molecule has 0 N–H and O–H groups in total. The van der Waals surface area contributed by atoms with Gasteiger partial charge in [0, 0.05) is 11.3 Å². The first kappa shape index (κ1) is 16.5. The van der Waals surface area contributed by atoms with E-state index in [1.54, 1.807) is 36.8 Å². The van der Waals surface area contributed by atoms with Crippen LogP contribution in [0.3, 0.4) is 0 Å². The predicted octanol–water partition coefficient (Wildman–Crippen LogP) is 11.9. The van der Waals surface area contributed by atoms with Gasteiger partial charge in [0.25, 0.3) is 0 Å². The summed E-state index contributed by atoms with van der Waals surface area (Å²) < 4.78 is 0. The third-order valence-electron chi connectivity index (χ3n) is 6.95. The quantitative estimate of drug-likeness (QED) is 0.224. The van der Waals surface area contributed by atoms with Crippen LogP contribution in [0.25, 0.3) is 0 Å². The Balaban J connectivity index is 1.54. The summed E-state index contributed by atoms with van der Waals surface area (Å²) in [6, 6.07) is 24.2. The SMILES string of the molecule is c1ccc(C2(c3ccccc3)p3p4p5p(p3p3p2p43)C2CCC5CC2)cc1. The van der Waals surface area contributed by atoms with Crippen LogP contribution in [-0.4, -0.2) is 0 Å². The first-order valence-corrected chi connectivity index (χ1v) is 27.8. The van der Waals surface area contributed by atoms with Crippen LogP contribution in [0.5, 0.6) is 0 Å². The molecule has 1 aliphatic carbocycles. The largest absolute Gasteiger partial charge is 0.114 e. The molecule has 2 aromatic carbocycles. The number of rotatable bonds is 2. The summed E-state index contributed by atoms with van der Waals surface area (Å²) in [7, 11) is 0. The number of fused-ring (bicyclic) bond motifs is 2. The first-order chi connectivity index (χ1) is 13.4. The molecular weight excluding hydrogens is 476 g/mol. The minimum absolute atomic E-state index is 0.367. The van der Waals surface area contributed by atoms with Gasteiger partial charge in [0.1, 0.15) is 4.90 Å². The molecule has 1 fully saturated rings. The van der Waals surface area contributed by atoms with Crippen molar-refractivity contribution in [3.05, 3.63) is 71.8 Å². The summed E-state index contributed by atoms with van der Waals surface area (Å²) >= 11 is 0. The van der Waals surface area contributed by atoms with Crippen molar-refractivity contribution in [2.75, 3.05) is 0 Å². The summed E-state index contributed by atoms with van der Waals surface area (Å²) in [4.78, 5) is 0.615. The lowest BCUT2D eigenvalue weighted by molar-refractivity contribution is 0.469. The molecule has 27 heavy (non-hydrogen) atoms. The van der Waals surface area contributed by atoms with Gasteiger partial charge in [0.15, 0.2) is 0 Å². The summed E-state index contributed by atoms with van der Waals surface area (Å²) in [5.41, 5.74) is 6.14. The Morgan fingerprint density at radius 1 is 0.556 bits per heavy atom. The van der Waals surface area contributed by atoms with Crippen LogP contribution < -0.4 is 0 Å². The van der Waals surface area contributed by atoms with Crippen molar-refractivity contribution in [2.24, 2.45) is 0 Å². The van der Waals surface area contributed by atoms with Crippen LogP contribution in [-0.2, 0) is 4.90 Å². The van der Waals surface area contributed by atoms with Gasteiger partial charge < -0.3 is 0 Å². The second-order valence-corrected chi connectivity index (χ2v) is 55.4. The number of hydrogen-bond acceptors (Lipinski definition) is 0. The van der Waals surface area contributed by atoms with Crippen LogP contribution in [0.4, 0.5) is 0 Å². The maximum absolute atomic E-state index is 2.56. The molecule has 4 aliphatic heterocycles. The minimum atomic E-state index is 0.367. The molecule has 10 rings (SSSR count). The van der Waals surface area contributed by atoms with Gasteiger partial charge in [-0.15, -0.1) is 0 Å². The smallest absolute Gasteiger partial charge is 0.0632 e. The van der Waals surface area contributed by atoms with E-state index in [9.17, 15) is 0 Å². The highest BCUT2D eigenvalue weighted by atomic mass is 33.1. The van der Waals surface area contributed by atoms with Crippen LogP contribution in [0.15, 0.2) is 60.7 Å². The zero-order valence-corrected chi connectivity index (χ0v) is 22.0. The summed E-state index contributed by atoms with van der Waals surface area (Å²) in [5, 5.41) is 0. The molecule has 0 nitrogen and oxygen atoms in total. The lowest BCUT2D eigenvalue weighted by Gasteiger charge is -2.37. The maximum atomic E-state index is 2.56. The minimum Gasteiger partial charge on any atom is -0.0632 e. The molecule has 5 aromatic rings. The predicted molar refractivity (Wildman–Crippen MR) is 135 cm³/mol. The zero-order chi connectivity index (χ0) is 17.3. The molecule has 1 saturated carbocycles. The molecular formula is C19H20P8. The zero-order valence-electron chi connectivity index (χ0n) is 14.8. The van der Waals surface area contributed by atoms with E-state index in [-0.39, 0.29) is 0 Å². The van der Waals surface area contributed by atoms with E-state index in [2.05, 4.69) is 60.7 Å². The standard InChI is InChI=1S/C19H20P8/c1-3-7-15(8-4-1)19(16-9-5-2-6-10-16)22-24-20-17-11-12-18(14-13-17)21(20)25(22)27-23(19)26(24)27/h1-10,17-18H,11-14H2. The van der Waals surface area contributed by atoms with Gasteiger partial charge in [-0.3, -0.25) is 0 Å². The van der Waals surface area contributed by atoms with Gasteiger partial charge in [0.2, 0.25) is 0 Å². The van der Waals surface area contributed by atoms with E-state index < -0.39 is 0 Å². The van der Waals surface area contributed by atoms with E-state index >= 15 is 0 Å². The highest BCUT2D eigenvalue weighted by molar-refractivity contribution is 9.14. The molecule has 0 saturated heterocycles. The average Bonchev–Trinajstić information content (AvgIpc) is 3.05. The molecule has 3 aromatic heterocycles. The highest BCUT2D eigenvalue weighted by Crippen LogP contribution is 3.24. The van der Waals surface area contributed by atoms with Crippen LogP contribution >= 0.6 is 53.0 Å². The Labute approximate surface area is 166 Å². The molecule has 6 unspecified atom stereocenters. The summed E-state index contributed by atoms with van der Waals surface area (Å²) in [6.07, 6.45) is 9.01. The van der Waals surface area contributed by atoms with E-state index in [1.165, 1.54) is 11.3 Å². The van der Waals surface area contributed by atoms with Crippen LogP contribution in [0.1, 0.15) is 48.1 Å². The second-order valence-electron chi connectivity index (χ2n) is 8.16. The van der Waals surface area contributed by atoms with Gasteiger partial charge in [-0.25, -0.2) is 0 Å². The van der Waals surface area contributed by atoms with Crippen molar-refractivity contribution in [1.82, 2.24) is 0 Å². The molecule has 136 valence electrons. The normalized spacial score (nSPS) is 30.1. The third kappa shape index (κ3) is 1.77. The van der Waals surface area contributed by atoms with Crippen LogP contribution in [0, 0.1) is 0 Å². The Morgan fingerprint density at radius 2 is 0.963 bits per heavy atom. The maximum Gasteiger partial charge on any atom is 0.114 e. The lowest BCUT2D eigenvalue weighted by Crippen LogP contribution is -2.13. The second kappa shape index (κ2) is 5.55. The van der Waals surface area contributed by atoms with Crippen molar-refractivity contribution in [3.8, 4) is 0 Å². The molecule has 7 heterocycles. The fraction of sp³-hybridized carbons (Fsp3) is 0.368. The Hall–Kier alpha value is 0.840. The molecule has 6 atom stereocenters. The van der Waals surface area contributed by atoms with E-state index in [1.807, 2.05) is 0 Å². The fourth-order valence-electron chi connectivity index (χ4n) is 5.85. The molecule has 0 spiro atoms. The molecule has 5 aliphatic rings. The molecule has 0 radical (unpaired) electrons. The van der Waals surface area contributed by atoms with Crippen molar-refractivity contribution >= 4 is 53.0 Å². The van der Waals surface area contributed by atoms with Gasteiger partial charge in [0.05, 0.1) is 0 Å². The van der Waals surface area contributed by atoms with Gasteiger partial charge in [-0.2, -0.15) is 0 Å². The van der Waals surface area contributed by atoms with Gasteiger partial charge in [-0.05, 0) is 76.1 Å². The first-order valence-electron chi connectivity index (χ1n) is 9.92. The van der Waals surface area contributed by atoms with Crippen LogP contribution in [0.2, 0.25) is 0 Å². The summed E-state index contributed by atoms with van der Waals surface area (Å²) in [6.45, 7) is 1.90.